The Morgan fingerprint density at radius 3 is 2.52 bits per heavy atom. The molecular weight excluding hydrogens is 383 g/mol. The van der Waals surface area contributed by atoms with Crippen LogP contribution >= 0.6 is 0 Å². The van der Waals surface area contributed by atoms with Gasteiger partial charge in [-0.25, -0.2) is 0 Å². The number of carbonyl (C=O) groups is 1. The van der Waals surface area contributed by atoms with Crippen molar-refractivity contribution in [3.8, 4) is 5.75 Å². The first-order valence-electron chi connectivity index (χ1n) is 9.41. The molecule has 0 spiro atoms. The molecule has 8 heteroatoms. The Morgan fingerprint density at radius 2 is 1.79 bits per heavy atom. The summed E-state index contributed by atoms with van der Waals surface area (Å²) < 4.78 is 43.5. The lowest BCUT2D eigenvalue weighted by molar-refractivity contribution is -0.137. The number of nitrogens with zero attached hydrogens (tertiary/aromatic N) is 2. The number of halogens is 3. The lowest BCUT2D eigenvalue weighted by Gasteiger charge is -2.35. The van der Waals surface area contributed by atoms with Crippen LogP contribution in [0.15, 0.2) is 48.5 Å². The first-order valence-corrected chi connectivity index (χ1v) is 9.41. The highest BCUT2D eigenvalue weighted by atomic mass is 19.4. The molecule has 0 radical (unpaired) electrons. The van der Waals surface area contributed by atoms with Gasteiger partial charge in [0.1, 0.15) is 5.75 Å². The second-order valence-electron chi connectivity index (χ2n) is 7.01. The van der Waals surface area contributed by atoms with Crippen molar-refractivity contribution in [1.82, 2.24) is 10.2 Å². The Labute approximate surface area is 168 Å². The first kappa shape index (κ1) is 21.0. The van der Waals surface area contributed by atoms with Crippen molar-refractivity contribution in [3.63, 3.8) is 0 Å². The standard InChI is InChI=1S/C21H24F3N3O2/c1-26-9-11-27(12-10-26)19-8-3-2-5-16(19)14-25-20(28)15-29-18-7-4-6-17(13-18)21(22,23)24/h2-8,13H,9-12,14-15H2,1H3,(H,25,28). The Hall–Kier alpha value is -2.74. The number of ether oxygens (including phenoxy) is 1. The van der Waals surface area contributed by atoms with E-state index in [-0.39, 0.29) is 12.4 Å². The number of hydrogen-bond donors (Lipinski definition) is 1. The minimum absolute atomic E-state index is 0.00723. The maximum atomic E-state index is 12.7. The van der Waals surface area contributed by atoms with Crippen LogP contribution in [0.5, 0.6) is 5.75 Å². The molecule has 1 N–H and O–H groups in total. The number of piperazine rings is 1. The molecule has 3 rings (SSSR count). The number of anilines is 1. The number of para-hydroxylation sites is 1. The van der Waals surface area contributed by atoms with Gasteiger partial charge in [0.2, 0.25) is 0 Å². The van der Waals surface area contributed by atoms with Gasteiger partial charge < -0.3 is 19.9 Å². The van der Waals surface area contributed by atoms with Crippen molar-refractivity contribution in [3.05, 3.63) is 59.7 Å². The third-order valence-corrected chi connectivity index (χ3v) is 4.84. The molecule has 5 nitrogen and oxygen atoms in total. The van der Waals surface area contributed by atoms with Gasteiger partial charge in [-0.3, -0.25) is 4.79 Å². The van der Waals surface area contributed by atoms with Gasteiger partial charge in [0, 0.05) is 38.4 Å². The van der Waals surface area contributed by atoms with Crippen LogP contribution in [-0.4, -0.2) is 50.6 Å². The number of carbonyl (C=O) groups excluding carboxylic acids is 1. The molecule has 1 amide bonds. The average molecular weight is 407 g/mol. The lowest BCUT2D eigenvalue weighted by atomic mass is 10.1. The molecule has 0 aliphatic carbocycles. The number of nitrogens with one attached hydrogen (secondary N) is 1. The highest BCUT2D eigenvalue weighted by Gasteiger charge is 2.30. The van der Waals surface area contributed by atoms with Gasteiger partial charge in [-0.1, -0.05) is 24.3 Å². The van der Waals surface area contributed by atoms with E-state index in [1.165, 1.54) is 12.1 Å². The van der Waals surface area contributed by atoms with E-state index in [4.69, 9.17) is 4.74 Å². The summed E-state index contributed by atoms with van der Waals surface area (Å²) >= 11 is 0. The maximum absolute atomic E-state index is 12.7. The number of hydrogen-bond acceptors (Lipinski definition) is 4. The predicted octanol–water partition coefficient (Wildman–Crippen LogP) is 3.15. The molecule has 1 aliphatic rings. The Morgan fingerprint density at radius 1 is 1.07 bits per heavy atom. The van der Waals surface area contributed by atoms with Crippen LogP contribution in [0.25, 0.3) is 0 Å². The molecule has 0 bridgehead atoms. The van der Waals surface area contributed by atoms with E-state index in [2.05, 4.69) is 22.2 Å². The Kier molecular flexibility index (Phi) is 6.64. The van der Waals surface area contributed by atoms with Gasteiger partial charge in [-0.2, -0.15) is 13.2 Å². The van der Waals surface area contributed by atoms with Crippen LogP contribution in [0.1, 0.15) is 11.1 Å². The number of amides is 1. The minimum Gasteiger partial charge on any atom is -0.484 e. The Balaban J connectivity index is 1.54. The van der Waals surface area contributed by atoms with Crippen LogP contribution in [0.2, 0.25) is 0 Å². The summed E-state index contributed by atoms with van der Waals surface area (Å²) in [6.07, 6.45) is -4.45. The molecule has 1 aliphatic heterocycles. The summed E-state index contributed by atoms with van der Waals surface area (Å²) in [5.74, 6) is -0.386. The first-order chi connectivity index (χ1) is 13.8. The van der Waals surface area contributed by atoms with Crippen molar-refractivity contribution in [1.29, 1.82) is 0 Å². The molecule has 1 heterocycles. The zero-order valence-electron chi connectivity index (χ0n) is 16.2. The van der Waals surface area contributed by atoms with Crippen molar-refractivity contribution in [2.75, 3.05) is 44.7 Å². The third kappa shape index (κ3) is 5.87. The monoisotopic (exact) mass is 407 g/mol. The van der Waals surface area contributed by atoms with E-state index in [0.29, 0.717) is 6.54 Å². The molecule has 2 aromatic carbocycles. The molecule has 0 atom stereocenters. The lowest BCUT2D eigenvalue weighted by Crippen LogP contribution is -2.45. The summed E-state index contributed by atoms with van der Waals surface area (Å²) in [5.41, 5.74) is 1.26. The quantitative estimate of drug-likeness (QED) is 0.799. The minimum atomic E-state index is -4.45. The largest absolute Gasteiger partial charge is 0.484 e. The van der Waals surface area contributed by atoms with Crippen LogP contribution < -0.4 is 15.0 Å². The van der Waals surface area contributed by atoms with Crippen LogP contribution in [-0.2, 0) is 17.5 Å². The molecule has 1 saturated heterocycles. The number of benzene rings is 2. The molecule has 1 fully saturated rings. The average Bonchev–Trinajstić information content (AvgIpc) is 2.71. The fraction of sp³-hybridized carbons (Fsp3) is 0.381. The topological polar surface area (TPSA) is 44.8 Å². The van der Waals surface area contributed by atoms with Gasteiger partial charge in [0.05, 0.1) is 5.56 Å². The fourth-order valence-electron chi connectivity index (χ4n) is 3.17. The maximum Gasteiger partial charge on any atom is 0.416 e. The van der Waals surface area contributed by atoms with E-state index in [9.17, 15) is 18.0 Å². The molecule has 29 heavy (non-hydrogen) atoms. The van der Waals surface area contributed by atoms with Crippen molar-refractivity contribution in [2.24, 2.45) is 0 Å². The van der Waals surface area contributed by atoms with E-state index in [1.807, 2.05) is 24.3 Å². The predicted molar refractivity (Wildman–Crippen MR) is 105 cm³/mol. The molecule has 2 aromatic rings. The van der Waals surface area contributed by atoms with Crippen LogP contribution in [0.4, 0.5) is 18.9 Å². The summed E-state index contributed by atoms with van der Waals surface area (Å²) in [4.78, 5) is 16.7. The highest BCUT2D eigenvalue weighted by Crippen LogP contribution is 2.31. The summed E-state index contributed by atoms with van der Waals surface area (Å²) in [6.45, 7) is 3.77. The number of alkyl halides is 3. The normalized spacial score (nSPS) is 15.2. The molecule has 0 aromatic heterocycles. The Bertz CT molecular complexity index is 834. The highest BCUT2D eigenvalue weighted by molar-refractivity contribution is 5.77. The summed E-state index contributed by atoms with van der Waals surface area (Å²) in [6, 6.07) is 12.4. The van der Waals surface area contributed by atoms with Crippen LogP contribution in [0.3, 0.4) is 0 Å². The number of likely N-dealkylation sites (N-methyl/N-ethyl adjacent to an activating group) is 1. The summed E-state index contributed by atoms with van der Waals surface area (Å²) in [7, 11) is 2.09. The third-order valence-electron chi connectivity index (χ3n) is 4.84. The second-order valence-corrected chi connectivity index (χ2v) is 7.01. The molecule has 0 saturated carbocycles. The molecular formula is C21H24F3N3O2. The zero-order chi connectivity index (χ0) is 20.9. The summed E-state index contributed by atoms with van der Waals surface area (Å²) in [5, 5.41) is 2.78. The van der Waals surface area contributed by atoms with Crippen molar-refractivity contribution in [2.45, 2.75) is 12.7 Å². The van der Waals surface area contributed by atoms with Gasteiger partial charge in [-0.05, 0) is 36.9 Å². The molecule has 0 unspecified atom stereocenters. The SMILES string of the molecule is CN1CCN(c2ccccc2CNC(=O)COc2cccc(C(F)(F)F)c2)CC1. The van der Waals surface area contributed by atoms with Gasteiger partial charge in [0.15, 0.2) is 6.61 Å². The smallest absolute Gasteiger partial charge is 0.416 e. The van der Waals surface area contributed by atoms with Crippen molar-refractivity contribution >= 4 is 11.6 Å². The van der Waals surface area contributed by atoms with Crippen molar-refractivity contribution < 1.29 is 22.7 Å². The molecule has 156 valence electrons. The van der Waals surface area contributed by atoms with E-state index in [1.54, 1.807) is 0 Å². The van der Waals surface area contributed by atoms with Crippen LogP contribution in [0, 0.1) is 0 Å². The van der Waals surface area contributed by atoms with E-state index < -0.39 is 17.6 Å². The van der Waals surface area contributed by atoms with E-state index >= 15 is 0 Å². The second kappa shape index (κ2) is 9.17. The van der Waals surface area contributed by atoms with Gasteiger partial charge in [0.25, 0.3) is 5.91 Å². The van der Waals surface area contributed by atoms with Gasteiger partial charge >= 0.3 is 6.18 Å². The van der Waals surface area contributed by atoms with E-state index in [0.717, 1.165) is 49.6 Å². The number of rotatable bonds is 6. The zero-order valence-corrected chi connectivity index (χ0v) is 16.2. The fourth-order valence-corrected chi connectivity index (χ4v) is 3.17. The van der Waals surface area contributed by atoms with Gasteiger partial charge in [-0.15, -0.1) is 0 Å².